The van der Waals surface area contributed by atoms with E-state index in [1.165, 1.54) is 18.4 Å². The smallest absolute Gasteiger partial charge is 0.261 e. The zero-order valence-corrected chi connectivity index (χ0v) is 13.2. The van der Waals surface area contributed by atoms with Crippen molar-refractivity contribution >= 4 is 49.1 Å². The lowest BCUT2D eigenvalue weighted by Crippen LogP contribution is -2.27. The van der Waals surface area contributed by atoms with E-state index < -0.39 is 6.10 Å². The molecule has 1 heterocycles. The van der Waals surface area contributed by atoms with Crippen LogP contribution in [0.3, 0.4) is 0 Å². The summed E-state index contributed by atoms with van der Waals surface area (Å²) < 4.78 is 6.55. The zero-order chi connectivity index (χ0) is 12.8. The van der Waals surface area contributed by atoms with Crippen molar-refractivity contribution in [3.63, 3.8) is 0 Å². The second kappa shape index (κ2) is 7.48. The number of hydrogen-bond donors (Lipinski definition) is 2. The number of rotatable bonds is 6. The van der Waals surface area contributed by atoms with Gasteiger partial charge >= 0.3 is 0 Å². The molecule has 0 fully saturated rings. The van der Waals surface area contributed by atoms with E-state index in [-0.39, 0.29) is 12.5 Å². The molecule has 0 aliphatic heterocycles. The van der Waals surface area contributed by atoms with Crippen LogP contribution in [-0.2, 0) is 4.74 Å². The summed E-state index contributed by atoms with van der Waals surface area (Å²) in [5.41, 5.74) is 0. The number of amides is 1. The van der Waals surface area contributed by atoms with Crippen LogP contribution in [0, 0.1) is 0 Å². The zero-order valence-electron chi connectivity index (χ0n) is 9.20. The average Bonchev–Trinajstić information content (AvgIpc) is 2.59. The maximum Gasteiger partial charge on any atom is 0.261 e. The fourth-order valence-corrected chi connectivity index (χ4v) is 3.13. The topological polar surface area (TPSA) is 58.6 Å². The molecule has 1 atom stereocenters. The molecule has 17 heavy (non-hydrogen) atoms. The van der Waals surface area contributed by atoms with Crippen LogP contribution in [0.5, 0.6) is 0 Å². The molecular weight excluding hydrogens is 374 g/mol. The summed E-state index contributed by atoms with van der Waals surface area (Å²) in [6.07, 6.45) is -0.0603. The molecule has 1 aromatic rings. The van der Waals surface area contributed by atoms with Crippen molar-refractivity contribution in [1.29, 1.82) is 0 Å². The summed E-state index contributed by atoms with van der Waals surface area (Å²) in [6.45, 7) is 0.711. The van der Waals surface area contributed by atoms with Gasteiger partial charge in [0.1, 0.15) is 0 Å². The number of methoxy groups -OCH3 is 1. The highest BCUT2D eigenvalue weighted by molar-refractivity contribution is 9.13. The van der Waals surface area contributed by atoms with Crippen molar-refractivity contribution in [2.75, 3.05) is 20.3 Å². The molecule has 0 radical (unpaired) electrons. The fourth-order valence-electron chi connectivity index (χ4n) is 1.17. The van der Waals surface area contributed by atoms with Crippen LogP contribution < -0.4 is 5.32 Å². The van der Waals surface area contributed by atoms with Gasteiger partial charge in [0.05, 0.1) is 21.4 Å². The average molecular weight is 387 g/mol. The number of nitrogens with one attached hydrogen (secondary N) is 1. The molecule has 1 aromatic heterocycles. The Morgan fingerprint density at radius 3 is 2.88 bits per heavy atom. The Morgan fingerprint density at radius 1 is 1.65 bits per heavy atom. The Kier molecular flexibility index (Phi) is 6.65. The lowest BCUT2D eigenvalue weighted by atomic mass is 10.2. The number of hydrogen-bond acceptors (Lipinski definition) is 4. The molecule has 0 aliphatic rings. The third-order valence-electron chi connectivity index (χ3n) is 1.99. The van der Waals surface area contributed by atoms with E-state index in [4.69, 9.17) is 4.74 Å². The van der Waals surface area contributed by atoms with Gasteiger partial charge in [0.15, 0.2) is 0 Å². The number of carbonyl (C=O) groups excluding carboxylic acids is 1. The third kappa shape index (κ3) is 5.05. The van der Waals surface area contributed by atoms with Crippen LogP contribution >= 0.6 is 43.2 Å². The van der Waals surface area contributed by atoms with Crippen molar-refractivity contribution in [3.05, 3.63) is 19.2 Å². The molecule has 1 rings (SSSR count). The monoisotopic (exact) mass is 385 g/mol. The van der Waals surface area contributed by atoms with Gasteiger partial charge in [-0.15, -0.1) is 11.3 Å². The fraction of sp³-hybridized carbons (Fsp3) is 0.500. The van der Waals surface area contributed by atoms with Crippen molar-refractivity contribution in [1.82, 2.24) is 5.32 Å². The normalized spacial score (nSPS) is 12.5. The van der Waals surface area contributed by atoms with Crippen molar-refractivity contribution in [2.24, 2.45) is 0 Å². The van der Waals surface area contributed by atoms with Crippen LogP contribution in [0.15, 0.2) is 14.3 Å². The highest BCUT2D eigenvalue weighted by atomic mass is 79.9. The summed E-state index contributed by atoms with van der Waals surface area (Å²) >= 11 is 8.02. The molecule has 0 spiro atoms. The lowest BCUT2D eigenvalue weighted by molar-refractivity contribution is 0.0588. The van der Waals surface area contributed by atoms with Gasteiger partial charge in [-0.05, 0) is 44.3 Å². The van der Waals surface area contributed by atoms with E-state index in [0.29, 0.717) is 17.8 Å². The number of thiophene rings is 1. The quantitative estimate of drug-likeness (QED) is 0.789. The summed E-state index contributed by atoms with van der Waals surface area (Å²) in [6, 6.07) is 1.76. The van der Waals surface area contributed by atoms with E-state index in [2.05, 4.69) is 37.2 Å². The highest BCUT2D eigenvalue weighted by Crippen LogP contribution is 2.32. The van der Waals surface area contributed by atoms with Crippen molar-refractivity contribution < 1.29 is 14.6 Å². The molecule has 1 amide bonds. The van der Waals surface area contributed by atoms with E-state index in [9.17, 15) is 9.90 Å². The summed E-state index contributed by atoms with van der Waals surface area (Å²) in [4.78, 5) is 12.3. The van der Waals surface area contributed by atoms with Gasteiger partial charge in [-0.1, -0.05) is 0 Å². The highest BCUT2D eigenvalue weighted by Gasteiger charge is 2.12. The van der Waals surface area contributed by atoms with Gasteiger partial charge in [0.2, 0.25) is 0 Å². The number of halogens is 2. The van der Waals surface area contributed by atoms with Crippen molar-refractivity contribution in [3.8, 4) is 0 Å². The first-order chi connectivity index (χ1) is 8.04. The predicted molar refractivity (Wildman–Crippen MR) is 74.6 cm³/mol. The Hall–Kier alpha value is 0.0500. The first kappa shape index (κ1) is 15.1. The molecule has 0 bridgehead atoms. The molecule has 1 unspecified atom stereocenters. The minimum atomic E-state index is -0.540. The third-order valence-corrected chi connectivity index (χ3v) is 5.25. The van der Waals surface area contributed by atoms with Gasteiger partial charge in [0, 0.05) is 18.1 Å². The number of aliphatic hydroxyl groups excluding tert-OH is 1. The maximum absolute atomic E-state index is 11.7. The van der Waals surface area contributed by atoms with E-state index in [0.717, 1.165) is 8.26 Å². The second-order valence-electron chi connectivity index (χ2n) is 3.39. The van der Waals surface area contributed by atoms with E-state index in [1.54, 1.807) is 6.07 Å². The molecule has 7 heteroatoms. The standard InChI is InChI=1S/C10H13Br2NO3S/c1-16-5-6(14)2-3-13-10(15)8-4-7(11)9(12)17-8/h4,6,14H,2-3,5H2,1H3,(H,13,15). The molecule has 0 saturated heterocycles. The molecule has 4 nitrogen and oxygen atoms in total. The Bertz CT molecular complexity index is 364. The van der Waals surface area contributed by atoms with Gasteiger partial charge in [-0.25, -0.2) is 0 Å². The number of carbonyl (C=O) groups is 1. The maximum atomic E-state index is 11.7. The first-order valence-corrected chi connectivity index (χ1v) is 7.35. The molecular formula is C10H13Br2NO3S. The minimum absolute atomic E-state index is 0.133. The SMILES string of the molecule is COCC(O)CCNC(=O)c1cc(Br)c(Br)s1. The van der Waals surface area contributed by atoms with Gasteiger partial charge < -0.3 is 15.2 Å². The lowest BCUT2D eigenvalue weighted by Gasteiger charge is -2.09. The Balaban J connectivity index is 2.35. The summed E-state index contributed by atoms with van der Waals surface area (Å²) in [5.74, 6) is -0.133. The number of ether oxygens (including phenoxy) is 1. The van der Waals surface area contributed by atoms with Crippen LogP contribution in [0.2, 0.25) is 0 Å². The first-order valence-electron chi connectivity index (χ1n) is 4.94. The molecule has 96 valence electrons. The largest absolute Gasteiger partial charge is 0.391 e. The van der Waals surface area contributed by atoms with Crippen LogP contribution in [0.1, 0.15) is 16.1 Å². The second-order valence-corrected chi connectivity index (χ2v) is 6.61. The molecule has 0 aromatic carbocycles. The Labute approximate surface area is 121 Å². The van der Waals surface area contributed by atoms with E-state index >= 15 is 0 Å². The van der Waals surface area contributed by atoms with Crippen molar-refractivity contribution in [2.45, 2.75) is 12.5 Å². The van der Waals surface area contributed by atoms with Gasteiger partial charge in [-0.2, -0.15) is 0 Å². The van der Waals surface area contributed by atoms with Crippen LogP contribution in [-0.4, -0.2) is 37.4 Å². The van der Waals surface area contributed by atoms with Crippen LogP contribution in [0.4, 0.5) is 0 Å². The molecule has 0 saturated carbocycles. The van der Waals surface area contributed by atoms with E-state index in [1.807, 2.05) is 0 Å². The predicted octanol–water partition coefficient (Wildman–Crippen LogP) is 2.40. The Morgan fingerprint density at radius 2 is 2.35 bits per heavy atom. The van der Waals surface area contributed by atoms with Gasteiger partial charge in [-0.3, -0.25) is 4.79 Å². The minimum Gasteiger partial charge on any atom is -0.391 e. The summed E-state index contributed by atoms with van der Waals surface area (Å²) in [5, 5.41) is 12.1. The summed E-state index contributed by atoms with van der Waals surface area (Å²) in [7, 11) is 1.53. The van der Waals surface area contributed by atoms with Gasteiger partial charge in [0.25, 0.3) is 5.91 Å². The van der Waals surface area contributed by atoms with Crippen LogP contribution in [0.25, 0.3) is 0 Å². The molecule has 0 aliphatic carbocycles. The number of aliphatic hydroxyl groups is 1. The molecule has 2 N–H and O–H groups in total.